The molecule has 3 heterocycles. The molecule has 3 rings (SSSR count). The number of nitrogens with one attached hydrogen (secondary N) is 1. The molecular formula is C17H19F2N5O4. The summed E-state index contributed by atoms with van der Waals surface area (Å²) in [4.78, 5) is 30.0. The van der Waals surface area contributed by atoms with Gasteiger partial charge in [-0.05, 0) is 6.07 Å². The van der Waals surface area contributed by atoms with Gasteiger partial charge in [0.05, 0.1) is 13.2 Å². The predicted molar refractivity (Wildman–Crippen MR) is 93.3 cm³/mol. The standard InChI is InChI=1S/C17H19F2N5O4/c18-13(19)11-28-15-9-12(1-3-20-15)17(26)21-14-2-4-24(22-14)10-16(25)23-5-7-27-8-6-23/h1-4,9,13H,5-8,10-11H2,(H,21,22,26). The van der Waals surface area contributed by atoms with E-state index in [1.165, 1.54) is 23.0 Å². The van der Waals surface area contributed by atoms with Crippen molar-refractivity contribution in [3.63, 3.8) is 0 Å². The summed E-state index contributed by atoms with van der Waals surface area (Å²) >= 11 is 0. The fourth-order valence-electron chi connectivity index (χ4n) is 2.53. The van der Waals surface area contributed by atoms with Crippen molar-refractivity contribution in [1.82, 2.24) is 19.7 Å². The van der Waals surface area contributed by atoms with Gasteiger partial charge in [0.1, 0.15) is 6.54 Å². The van der Waals surface area contributed by atoms with Gasteiger partial charge in [-0.15, -0.1) is 0 Å². The first-order valence-corrected chi connectivity index (χ1v) is 8.58. The lowest BCUT2D eigenvalue weighted by atomic mass is 10.2. The van der Waals surface area contributed by atoms with E-state index in [0.717, 1.165) is 0 Å². The highest BCUT2D eigenvalue weighted by Crippen LogP contribution is 2.13. The topological polar surface area (TPSA) is 98.6 Å². The smallest absolute Gasteiger partial charge is 0.272 e. The van der Waals surface area contributed by atoms with Gasteiger partial charge in [0.25, 0.3) is 12.3 Å². The third-order valence-electron chi connectivity index (χ3n) is 3.90. The van der Waals surface area contributed by atoms with Gasteiger partial charge in [-0.2, -0.15) is 5.10 Å². The van der Waals surface area contributed by atoms with Crippen LogP contribution in [0.3, 0.4) is 0 Å². The minimum absolute atomic E-state index is 0.0523. The van der Waals surface area contributed by atoms with Gasteiger partial charge in [0.2, 0.25) is 11.8 Å². The number of aromatic nitrogens is 3. The van der Waals surface area contributed by atoms with Gasteiger partial charge in [-0.3, -0.25) is 14.3 Å². The van der Waals surface area contributed by atoms with Crippen molar-refractivity contribution < 1.29 is 27.8 Å². The summed E-state index contributed by atoms with van der Waals surface area (Å²) in [5.41, 5.74) is 0.179. The fourth-order valence-corrected chi connectivity index (χ4v) is 2.53. The second-order valence-corrected chi connectivity index (χ2v) is 5.93. The van der Waals surface area contributed by atoms with Crippen LogP contribution in [0.2, 0.25) is 0 Å². The highest BCUT2D eigenvalue weighted by atomic mass is 19.3. The van der Waals surface area contributed by atoms with Crippen molar-refractivity contribution in [3.05, 3.63) is 36.2 Å². The molecule has 0 aromatic carbocycles. The Morgan fingerprint density at radius 1 is 1.29 bits per heavy atom. The number of ether oxygens (including phenoxy) is 2. The molecule has 0 aliphatic carbocycles. The minimum atomic E-state index is -2.64. The monoisotopic (exact) mass is 395 g/mol. The van der Waals surface area contributed by atoms with Crippen molar-refractivity contribution in [2.75, 3.05) is 38.2 Å². The van der Waals surface area contributed by atoms with E-state index in [2.05, 4.69) is 15.4 Å². The van der Waals surface area contributed by atoms with E-state index in [4.69, 9.17) is 9.47 Å². The number of carbonyl (C=O) groups excluding carboxylic acids is 2. The molecule has 2 aromatic heterocycles. The molecule has 2 amide bonds. The van der Waals surface area contributed by atoms with Crippen molar-refractivity contribution in [3.8, 4) is 5.88 Å². The van der Waals surface area contributed by atoms with E-state index in [9.17, 15) is 18.4 Å². The second kappa shape index (κ2) is 9.22. The Bertz CT molecular complexity index is 823. The molecule has 9 nitrogen and oxygen atoms in total. The van der Waals surface area contributed by atoms with E-state index >= 15 is 0 Å². The molecule has 1 aliphatic heterocycles. The molecule has 0 saturated carbocycles. The number of hydrogen-bond acceptors (Lipinski definition) is 6. The molecule has 0 unspecified atom stereocenters. The summed E-state index contributed by atoms with van der Waals surface area (Å²) in [5, 5.41) is 6.73. The molecular weight excluding hydrogens is 376 g/mol. The lowest BCUT2D eigenvalue weighted by Gasteiger charge is -2.26. The van der Waals surface area contributed by atoms with Crippen LogP contribution in [0.15, 0.2) is 30.6 Å². The number of halogens is 2. The molecule has 0 bridgehead atoms. The predicted octanol–water partition coefficient (Wildman–Crippen LogP) is 1.03. The number of amides is 2. The van der Waals surface area contributed by atoms with Gasteiger partial charge in [-0.25, -0.2) is 13.8 Å². The zero-order chi connectivity index (χ0) is 19.9. The van der Waals surface area contributed by atoms with Crippen molar-refractivity contribution >= 4 is 17.6 Å². The summed E-state index contributed by atoms with van der Waals surface area (Å²) in [7, 11) is 0. The molecule has 2 aromatic rings. The molecule has 28 heavy (non-hydrogen) atoms. The van der Waals surface area contributed by atoms with Crippen LogP contribution in [0.5, 0.6) is 5.88 Å². The summed E-state index contributed by atoms with van der Waals surface area (Å²) in [6, 6.07) is 4.24. The number of anilines is 1. The van der Waals surface area contributed by atoms with E-state index in [0.29, 0.717) is 26.3 Å². The maximum atomic E-state index is 12.3. The average molecular weight is 395 g/mol. The molecule has 1 N–H and O–H groups in total. The van der Waals surface area contributed by atoms with E-state index in [1.807, 2.05) is 0 Å². The number of hydrogen-bond donors (Lipinski definition) is 1. The average Bonchev–Trinajstić information content (AvgIpc) is 3.14. The van der Waals surface area contributed by atoms with Gasteiger partial charge < -0.3 is 19.7 Å². The summed E-state index contributed by atoms with van der Waals surface area (Å²) in [6.07, 6.45) is 0.232. The van der Waals surface area contributed by atoms with Crippen LogP contribution in [-0.2, 0) is 16.1 Å². The first-order valence-electron chi connectivity index (χ1n) is 8.58. The Kier molecular flexibility index (Phi) is 6.48. The number of rotatable bonds is 7. The minimum Gasteiger partial charge on any atom is -0.472 e. The largest absolute Gasteiger partial charge is 0.472 e. The van der Waals surface area contributed by atoms with Crippen LogP contribution >= 0.6 is 0 Å². The van der Waals surface area contributed by atoms with Crippen LogP contribution in [0.4, 0.5) is 14.6 Å². The van der Waals surface area contributed by atoms with Gasteiger partial charge >= 0.3 is 0 Å². The number of morpholine rings is 1. The van der Waals surface area contributed by atoms with Crippen molar-refractivity contribution in [2.45, 2.75) is 13.0 Å². The summed E-state index contributed by atoms with van der Waals surface area (Å²) in [5.74, 6) is -0.408. The van der Waals surface area contributed by atoms with Crippen molar-refractivity contribution in [1.29, 1.82) is 0 Å². The van der Waals surface area contributed by atoms with Crippen molar-refractivity contribution in [2.24, 2.45) is 0 Å². The van der Waals surface area contributed by atoms with E-state index in [-0.39, 0.29) is 29.7 Å². The van der Waals surface area contributed by atoms with Crippen LogP contribution < -0.4 is 10.1 Å². The summed E-state index contributed by atoms with van der Waals surface area (Å²) < 4.78 is 35.8. The first-order chi connectivity index (χ1) is 13.5. The fraction of sp³-hybridized carbons (Fsp3) is 0.412. The second-order valence-electron chi connectivity index (χ2n) is 5.93. The quantitative estimate of drug-likeness (QED) is 0.752. The molecule has 1 fully saturated rings. The summed E-state index contributed by atoms with van der Waals surface area (Å²) in [6.45, 7) is 1.36. The maximum Gasteiger partial charge on any atom is 0.272 e. The van der Waals surface area contributed by atoms with Gasteiger partial charge in [0.15, 0.2) is 12.4 Å². The number of carbonyl (C=O) groups is 2. The molecule has 1 aliphatic rings. The molecule has 1 saturated heterocycles. The molecule has 0 radical (unpaired) electrons. The first kappa shape index (κ1) is 19.7. The third-order valence-corrected chi connectivity index (χ3v) is 3.90. The molecule has 11 heteroatoms. The molecule has 0 atom stereocenters. The highest BCUT2D eigenvalue weighted by Gasteiger charge is 2.18. The third kappa shape index (κ3) is 5.46. The highest BCUT2D eigenvalue weighted by molar-refractivity contribution is 6.03. The lowest BCUT2D eigenvalue weighted by molar-refractivity contribution is -0.136. The van der Waals surface area contributed by atoms with Crippen LogP contribution in [-0.4, -0.2) is 70.8 Å². The Morgan fingerprint density at radius 2 is 2.07 bits per heavy atom. The number of nitrogens with zero attached hydrogens (tertiary/aromatic N) is 4. The Balaban J connectivity index is 1.56. The molecule has 0 spiro atoms. The van der Waals surface area contributed by atoms with Crippen LogP contribution in [0, 0.1) is 0 Å². The Labute approximate surface area is 159 Å². The van der Waals surface area contributed by atoms with Crippen LogP contribution in [0.25, 0.3) is 0 Å². The molecule has 150 valence electrons. The SMILES string of the molecule is O=C(Nc1ccn(CC(=O)N2CCOCC2)n1)c1ccnc(OCC(F)F)c1. The van der Waals surface area contributed by atoms with Crippen LogP contribution in [0.1, 0.15) is 10.4 Å². The van der Waals surface area contributed by atoms with E-state index in [1.54, 1.807) is 17.2 Å². The van der Waals surface area contributed by atoms with E-state index < -0.39 is 18.9 Å². The zero-order valence-corrected chi connectivity index (χ0v) is 14.9. The van der Waals surface area contributed by atoms with Gasteiger partial charge in [0, 0.05) is 43.2 Å². The van der Waals surface area contributed by atoms with Gasteiger partial charge in [-0.1, -0.05) is 0 Å². The number of pyridine rings is 1. The maximum absolute atomic E-state index is 12.3. The normalized spacial score (nSPS) is 14.2. The number of alkyl halides is 2. The Morgan fingerprint density at radius 3 is 2.82 bits per heavy atom. The zero-order valence-electron chi connectivity index (χ0n) is 14.9. The Hall–Kier alpha value is -3.08. The lowest BCUT2D eigenvalue weighted by Crippen LogP contribution is -2.42.